The molecule has 0 aliphatic carbocycles. The molecular formula is C11H11NO2. The summed E-state index contributed by atoms with van der Waals surface area (Å²) in [5.41, 5.74) is 2.42. The molecule has 0 bridgehead atoms. The second-order valence-corrected chi connectivity index (χ2v) is 3.50. The lowest BCUT2D eigenvalue weighted by molar-refractivity contribution is -0.116. The standard InChI is InChI=1S/C11H11NO2/c1-7-4-3-5-9-10(14)6-12(8(2)13)11(7)9/h3-5H,6H2,1-2H3. The number of amides is 1. The number of anilines is 1. The summed E-state index contributed by atoms with van der Waals surface area (Å²) >= 11 is 0. The fourth-order valence-electron chi connectivity index (χ4n) is 1.82. The molecule has 0 radical (unpaired) electrons. The minimum Gasteiger partial charge on any atom is -0.304 e. The van der Waals surface area contributed by atoms with Gasteiger partial charge in [-0.25, -0.2) is 0 Å². The predicted molar refractivity (Wildman–Crippen MR) is 53.5 cm³/mol. The molecule has 0 spiro atoms. The summed E-state index contributed by atoms with van der Waals surface area (Å²) in [6.45, 7) is 3.58. The number of nitrogens with zero attached hydrogens (tertiary/aromatic N) is 1. The van der Waals surface area contributed by atoms with Crippen LogP contribution in [0.25, 0.3) is 0 Å². The topological polar surface area (TPSA) is 37.4 Å². The Morgan fingerprint density at radius 1 is 1.43 bits per heavy atom. The van der Waals surface area contributed by atoms with Crippen LogP contribution in [0.1, 0.15) is 22.8 Å². The van der Waals surface area contributed by atoms with Crippen molar-refractivity contribution in [3.8, 4) is 0 Å². The molecule has 3 heteroatoms. The van der Waals surface area contributed by atoms with E-state index >= 15 is 0 Å². The van der Waals surface area contributed by atoms with E-state index in [0.29, 0.717) is 5.56 Å². The van der Waals surface area contributed by atoms with Gasteiger partial charge in [0, 0.05) is 12.5 Å². The van der Waals surface area contributed by atoms with Gasteiger partial charge in [0.1, 0.15) is 0 Å². The lowest BCUT2D eigenvalue weighted by atomic mass is 10.1. The summed E-state index contributed by atoms with van der Waals surface area (Å²) in [5.74, 6) is -0.0506. The number of Topliss-reactive ketones (excluding diaryl/α,β-unsaturated/α-hetero) is 1. The molecule has 0 saturated carbocycles. The molecule has 1 aromatic carbocycles. The maximum Gasteiger partial charge on any atom is 0.224 e. The minimum absolute atomic E-state index is 0.0268. The van der Waals surface area contributed by atoms with Gasteiger partial charge < -0.3 is 4.90 Å². The van der Waals surface area contributed by atoms with Crippen LogP contribution in [0.3, 0.4) is 0 Å². The predicted octanol–water partition coefficient (Wildman–Crippen LogP) is 1.54. The maximum atomic E-state index is 11.5. The second kappa shape index (κ2) is 2.94. The Kier molecular flexibility index (Phi) is 1.88. The quantitative estimate of drug-likeness (QED) is 0.620. The number of carbonyl (C=O) groups is 2. The number of ketones is 1. The smallest absolute Gasteiger partial charge is 0.224 e. The molecule has 1 aliphatic heterocycles. The van der Waals surface area contributed by atoms with E-state index in [1.165, 1.54) is 11.8 Å². The zero-order valence-corrected chi connectivity index (χ0v) is 8.20. The number of hydrogen-bond donors (Lipinski definition) is 0. The first-order valence-corrected chi connectivity index (χ1v) is 4.52. The van der Waals surface area contributed by atoms with Crippen LogP contribution in [0.15, 0.2) is 18.2 Å². The first kappa shape index (κ1) is 8.94. The molecular weight excluding hydrogens is 178 g/mol. The molecule has 14 heavy (non-hydrogen) atoms. The van der Waals surface area contributed by atoms with Crippen LogP contribution in [0.2, 0.25) is 0 Å². The van der Waals surface area contributed by atoms with Crippen LogP contribution in [-0.4, -0.2) is 18.2 Å². The summed E-state index contributed by atoms with van der Waals surface area (Å²) in [5, 5.41) is 0. The highest BCUT2D eigenvalue weighted by Crippen LogP contribution is 2.31. The fraction of sp³-hybridized carbons (Fsp3) is 0.273. The molecule has 0 atom stereocenters. The molecule has 1 aliphatic rings. The van der Waals surface area contributed by atoms with Gasteiger partial charge in [0.05, 0.1) is 12.2 Å². The SMILES string of the molecule is CC(=O)N1CC(=O)c2cccc(C)c21. The Hall–Kier alpha value is -1.64. The van der Waals surface area contributed by atoms with E-state index in [2.05, 4.69) is 0 Å². The molecule has 1 aromatic rings. The monoisotopic (exact) mass is 189 g/mol. The molecule has 0 aromatic heterocycles. The van der Waals surface area contributed by atoms with E-state index in [1.54, 1.807) is 6.07 Å². The number of fused-ring (bicyclic) bond motifs is 1. The Morgan fingerprint density at radius 3 is 2.79 bits per heavy atom. The number of hydrogen-bond acceptors (Lipinski definition) is 2. The lowest BCUT2D eigenvalue weighted by Gasteiger charge is -2.15. The fourth-order valence-corrected chi connectivity index (χ4v) is 1.82. The number of carbonyl (C=O) groups excluding carboxylic acids is 2. The third-order valence-electron chi connectivity index (χ3n) is 2.49. The molecule has 0 fully saturated rings. The zero-order chi connectivity index (χ0) is 10.3. The summed E-state index contributed by atoms with van der Waals surface area (Å²) in [6, 6.07) is 5.52. The van der Waals surface area contributed by atoms with E-state index in [-0.39, 0.29) is 18.2 Å². The summed E-state index contributed by atoms with van der Waals surface area (Å²) in [4.78, 5) is 24.4. The lowest BCUT2D eigenvalue weighted by Crippen LogP contribution is -2.27. The second-order valence-electron chi connectivity index (χ2n) is 3.50. The highest BCUT2D eigenvalue weighted by molar-refractivity contribution is 6.15. The van der Waals surface area contributed by atoms with Gasteiger partial charge in [-0.2, -0.15) is 0 Å². The molecule has 0 unspecified atom stereocenters. The summed E-state index contributed by atoms with van der Waals surface area (Å²) < 4.78 is 0. The van der Waals surface area contributed by atoms with Crippen LogP contribution in [0.5, 0.6) is 0 Å². The summed E-state index contributed by atoms with van der Waals surface area (Å²) in [6.07, 6.45) is 0. The van der Waals surface area contributed by atoms with E-state index in [0.717, 1.165) is 11.3 Å². The first-order chi connectivity index (χ1) is 6.61. The van der Waals surface area contributed by atoms with Crippen molar-refractivity contribution in [2.75, 3.05) is 11.4 Å². The van der Waals surface area contributed by atoms with Gasteiger partial charge in [-0.1, -0.05) is 12.1 Å². The van der Waals surface area contributed by atoms with Gasteiger partial charge in [0.25, 0.3) is 0 Å². The highest BCUT2D eigenvalue weighted by Gasteiger charge is 2.29. The van der Waals surface area contributed by atoms with Crippen molar-refractivity contribution in [3.63, 3.8) is 0 Å². The van der Waals surface area contributed by atoms with Gasteiger partial charge in [-0.05, 0) is 18.6 Å². The van der Waals surface area contributed by atoms with Crippen molar-refractivity contribution in [2.45, 2.75) is 13.8 Å². The van der Waals surface area contributed by atoms with Gasteiger partial charge >= 0.3 is 0 Å². The van der Waals surface area contributed by atoms with E-state index in [4.69, 9.17) is 0 Å². The number of para-hydroxylation sites is 1. The number of benzene rings is 1. The van der Waals surface area contributed by atoms with Crippen molar-refractivity contribution in [2.24, 2.45) is 0 Å². The zero-order valence-electron chi connectivity index (χ0n) is 8.20. The van der Waals surface area contributed by atoms with Crippen LogP contribution in [-0.2, 0) is 4.79 Å². The Balaban J connectivity index is 2.62. The van der Waals surface area contributed by atoms with Gasteiger partial charge in [0.2, 0.25) is 5.91 Å². The third-order valence-corrected chi connectivity index (χ3v) is 2.49. The molecule has 1 heterocycles. The molecule has 72 valence electrons. The van der Waals surface area contributed by atoms with Gasteiger partial charge in [-0.3, -0.25) is 9.59 Å². The average Bonchev–Trinajstić information content (AvgIpc) is 2.46. The molecule has 3 nitrogen and oxygen atoms in total. The van der Waals surface area contributed by atoms with Crippen LogP contribution < -0.4 is 4.90 Å². The van der Waals surface area contributed by atoms with E-state index in [9.17, 15) is 9.59 Å². The first-order valence-electron chi connectivity index (χ1n) is 4.52. The van der Waals surface area contributed by atoms with Gasteiger partial charge in [0.15, 0.2) is 5.78 Å². The molecule has 0 N–H and O–H groups in total. The van der Waals surface area contributed by atoms with Crippen LogP contribution in [0, 0.1) is 6.92 Å². The Labute approximate surface area is 82.3 Å². The van der Waals surface area contributed by atoms with Crippen molar-refractivity contribution >= 4 is 17.4 Å². The third kappa shape index (κ3) is 1.13. The van der Waals surface area contributed by atoms with E-state index < -0.39 is 0 Å². The minimum atomic E-state index is -0.0774. The molecule has 1 amide bonds. The highest BCUT2D eigenvalue weighted by atomic mass is 16.2. The van der Waals surface area contributed by atoms with Crippen molar-refractivity contribution in [1.29, 1.82) is 0 Å². The van der Waals surface area contributed by atoms with Crippen molar-refractivity contribution < 1.29 is 9.59 Å². The largest absolute Gasteiger partial charge is 0.304 e. The molecule has 2 rings (SSSR count). The average molecular weight is 189 g/mol. The number of rotatable bonds is 0. The molecule has 0 saturated heterocycles. The van der Waals surface area contributed by atoms with Crippen LogP contribution >= 0.6 is 0 Å². The van der Waals surface area contributed by atoms with E-state index in [1.807, 2.05) is 19.1 Å². The maximum absolute atomic E-state index is 11.5. The Morgan fingerprint density at radius 2 is 2.14 bits per heavy atom. The van der Waals surface area contributed by atoms with Gasteiger partial charge in [-0.15, -0.1) is 0 Å². The van der Waals surface area contributed by atoms with Crippen molar-refractivity contribution in [3.05, 3.63) is 29.3 Å². The normalized spacial score (nSPS) is 14.4. The number of aryl methyl sites for hydroxylation is 1. The van der Waals surface area contributed by atoms with Crippen molar-refractivity contribution in [1.82, 2.24) is 0 Å². The van der Waals surface area contributed by atoms with Crippen LogP contribution in [0.4, 0.5) is 5.69 Å². The Bertz CT molecular complexity index is 423. The summed E-state index contributed by atoms with van der Waals surface area (Å²) in [7, 11) is 0.